The van der Waals surface area contributed by atoms with Crippen LogP contribution < -0.4 is 10.1 Å². The van der Waals surface area contributed by atoms with Gasteiger partial charge in [0.05, 0.1) is 7.11 Å². The van der Waals surface area contributed by atoms with Crippen LogP contribution >= 0.6 is 0 Å². The minimum atomic E-state index is -0.359. The molecule has 1 amide bonds. The van der Waals surface area contributed by atoms with Crippen molar-refractivity contribution in [2.45, 2.75) is 45.1 Å². The number of carbonyl (C=O) groups is 1. The fourth-order valence-electron chi connectivity index (χ4n) is 3.30. The lowest BCUT2D eigenvalue weighted by atomic mass is 9.94. The normalized spacial score (nSPS) is 13.5. The van der Waals surface area contributed by atoms with Crippen molar-refractivity contribution in [1.82, 2.24) is 10.3 Å². The number of hydrogen-bond donors (Lipinski definition) is 1. The van der Waals surface area contributed by atoms with Gasteiger partial charge in [0.2, 0.25) is 5.88 Å². The SMILES string of the molecule is COc1nc2c(cc1C(=O)NC(C)(C)Cc1ccccc1)CCC2. The van der Waals surface area contributed by atoms with Gasteiger partial charge in [0.15, 0.2) is 0 Å². The molecule has 126 valence electrons. The Labute approximate surface area is 143 Å². The second kappa shape index (κ2) is 6.63. The zero-order valence-corrected chi connectivity index (χ0v) is 14.6. The highest BCUT2D eigenvalue weighted by Gasteiger charge is 2.26. The lowest BCUT2D eigenvalue weighted by molar-refractivity contribution is 0.0909. The number of amides is 1. The number of carbonyl (C=O) groups excluding carboxylic acids is 1. The summed E-state index contributed by atoms with van der Waals surface area (Å²) in [5.74, 6) is 0.290. The zero-order chi connectivity index (χ0) is 17.2. The molecule has 0 atom stereocenters. The molecule has 0 radical (unpaired) electrons. The molecule has 4 nitrogen and oxygen atoms in total. The Balaban J connectivity index is 1.79. The van der Waals surface area contributed by atoms with Gasteiger partial charge in [-0.25, -0.2) is 4.98 Å². The molecule has 0 fully saturated rings. The molecule has 1 heterocycles. The smallest absolute Gasteiger partial charge is 0.257 e. The predicted molar refractivity (Wildman–Crippen MR) is 94.5 cm³/mol. The van der Waals surface area contributed by atoms with E-state index < -0.39 is 0 Å². The highest BCUT2D eigenvalue weighted by atomic mass is 16.5. The summed E-state index contributed by atoms with van der Waals surface area (Å²) in [6.07, 6.45) is 3.81. The van der Waals surface area contributed by atoms with Gasteiger partial charge in [-0.1, -0.05) is 30.3 Å². The number of fused-ring (bicyclic) bond motifs is 1. The number of nitrogens with one attached hydrogen (secondary N) is 1. The summed E-state index contributed by atoms with van der Waals surface area (Å²) in [7, 11) is 1.57. The first kappa shape index (κ1) is 16.5. The Morgan fingerprint density at radius 2 is 2.00 bits per heavy atom. The molecular formula is C20H24N2O2. The van der Waals surface area contributed by atoms with Crippen LogP contribution in [0.3, 0.4) is 0 Å². The summed E-state index contributed by atoms with van der Waals surface area (Å²) < 4.78 is 5.35. The Morgan fingerprint density at radius 3 is 2.71 bits per heavy atom. The average Bonchev–Trinajstić information content (AvgIpc) is 3.00. The number of aryl methyl sites for hydroxylation is 2. The molecule has 0 bridgehead atoms. The van der Waals surface area contributed by atoms with E-state index in [-0.39, 0.29) is 11.4 Å². The summed E-state index contributed by atoms with van der Waals surface area (Å²) in [6, 6.07) is 12.1. The second-order valence-electron chi connectivity index (χ2n) is 7.00. The summed E-state index contributed by atoms with van der Waals surface area (Å²) >= 11 is 0. The Morgan fingerprint density at radius 1 is 1.25 bits per heavy atom. The van der Waals surface area contributed by atoms with Crippen molar-refractivity contribution in [1.29, 1.82) is 0 Å². The quantitative estimate of drug-likeness (QED) is 0.918. The summed E-state index contributed by atoms with van der Waals surface area (Å²) in [4.78, 5) is 17.3. The van der Waals surface area contributed by atoms with Crippen LogP contribution in [0.4, 0.5) is 0 Å². The lowest BCUT2D eigenvalue weighted by Gasteiger charge is -2.27. The van der Waals surface area contributed by atoms with Gasteiger partial charge >= 0.3 is 0 Å². The van der Waals surface area contributed by atoms with E-state index >= 15 is 0 Å². The third kappa shape index (κ3) is 3.58. The van der Waals surface area contributed by atoms with E-state index in [2.05, 4.69) is 22.4 Å². The largest absolute Gasteiger partial charge is 0.480 e. The number of aromatic nitrogens is 1. The van der Waals surface area contributed by atoms with Gasteiger partial charge in [-0.15, -0.1) is 0 Å². The van der Waals surface area contributed by atoms with Gasteiger partial charge in [-0.05, 0) is 56.7 Å². The van der Waals surface area contributed by atoms with Crippen LogP contribution in [0.2, 0.25) is 0 Å². The van der Waals surface area contributed by atoms with Gasteiger partial charge < -0.3 is 10.1 Å². The monoisotopic (exact) mass is 324 g/mol. The van der Waals surface area contributed by atoms with Crippen LogP contribution in [-0.4, -0.2) is 23.5 Å². The molecule has 4 heteroatoms. The molecule has 0 aliphatic heterocycles. The minimum Gasteiger partial charge on any atom is -0.480 e. The highest BCUT2D eigenvalue weighted by Crippen LogP contribution is 2.27. The van der Waals surface area contributed by atoms with Crippen molar-refractivity contribution in [3.05, 3.63) is 58.8 Å². The Kier molecular flexibility index (Phi) is 4.56. The van der Waals surface area contributed by atoms with E-state index in [1.54, 1.807) is 7.11 Å². The molecule has 2 aromatic rings. The van der Waals surface area contributed by atoms with Crippen molar-refractivity contribution in [2.75, 3.05) is 7.11 Å². The van der Waals surface area contributed by atoms with Crippen molar-refractivity contribution < 1.29 is 9.53 Å². The number of pyridine rings is 1. The van der Waals surface area contributed by atoms with Crippen LogP contribution in [0.15, 0.2) is 36.4 Å². The highest BCUT2D eigenvalue weighted by molar-refractivity contribution is 5.97. The summed E-state index contributed by atoms with van der Waals surface area (Å²) in [6.45, 7) is 4.07. The average molecular weight is 324 g/mol. The molecule has 1 aromatic carbocycles. The van der Waals surface area contributed by atoms with Gasteiger partial charge in [-0.3, -0.25) is 4.79 Å². The van der Waals surface area contributed by atoms with Crippen molar-refractivity contribution in [3.8, 4) is 5.88 Å². The number of methoxy groups -OCH3 is 1. The van der Waals surface area contributed by atoms with Gasteiger partial charge in [0.1, 0.15) is 5.56 Å². The third-order valence-corrected chi connectivity index (χ3v) is 4.39. The minimum absolute atomic E-state index is 0.130. The topological polar surface area (TPSA) is 51.2 Å². The molecule has 1 aliphatic carbocycles. The van der Waals surface area contributed by atoms with Crippen LogP contribution in [-0.2, 0) is 19.3 Å². The van der Waals surface area contributed by atoms with E-state index in [0.29, 0.717) is 11.4 Å². The first-order valence-electron chi connectivity index (χ1n) is 8.42. The van der Waals surface area contributed by atoms with Gasteiger partial charge in [-0.2, -0.15) is 0 Å². The third-order valence-electron chi connectivity index (χ3n) is 4.39. The number of hydrogen-bond acceptors (Lipinski definition) is 3. The first-order chi connectivity index (χ1) is 11.5. The van der Waals surface area contributed by atoms with Crippen LogP contribution in [0, 0.1) is 0 Å². The fraction of sp³-hybridized carbons (Fsp3) is 0.400. The standard InChI is InChI=1S/C20H24N2O2/c1-20(2,13-14-8-5-4-6-9-14)22-18(23)16-12-15-10-7-11-17(15)21-19(16)24-3/h4-6,8-9,12H,7,10-11,13H2,1-3H3,(H,22,23). The Hall–Kier alpha value is -2.36. The number of rotatable bonds is 5. The van der Waals surface area contributed by atoms with Crippen LogP contribution in [0.1, 0.15) is 47.4 Å². The maximum Gasteiger partial charge on any atom is 0.257 e. The van der Waals surface area contributed by atoms with Crippen molar-refractivity contribution >= 4 is 5.91 Å². The Bertz CT molecular complexity index is 739. The summed E-state index contributed by atoms with van der Waals surface area (Å²) in [5, 5.41) is 3.13. The van der Waals surface area contributed by atoms with E-state index in [4.69, 9.17) is 4.74 Å². The van der Waals surface area contributed by atoms with E-state index in [9.17, 15) is 4.79 Å². The van der Waals surface area contributed by atoms with Gasteiger partial charge in [0.25, 0.3) is 5.91 Å². The van der Waals surface area contributed by atoms with Crippen molar-refractivity contribution in [2.24, 2.45) is 0 Å². The molecule has 0 unspecified atom stereocenters. The molecule has 0 spiro atoms. The first-order valence-corrected chi connectivity index (χ1v) is 8.42. The van der Waals surface area contributed by atoms with E-state index in [0.717, 1.165) is 31.4 Å². The molecule has 0 saturated heterocycles. The zero-order valence-electron chi connectivity index (χ0n) is 14.6. The summed E-state index contributed by atoms with van der Waals surface area (Å²) in [5.41, 5.74) is 3.59. The molecule has 1 aromatic heterocycles. The number of nitrogens with zero attached hydrogens (tertiary/aromatic N) is 1. The van der Waals surface area contributed by atoms with E-state index in [1.165, 1.54) is 11.1 Å². The van der Waals surface area contributed by atoms with Crippen molar-refractivity contribution in [3.63, 3.8) is 0 Å². The molecule has 1 N–H and O–H groups in total. The molecular weight excluding hydrogens is 300 g/mol. The molecule has 3 rings (SSSR count). The predicted octanol–water partition coefficient (Wildman–Crippen LogP) is 3.33. The molecule has 0 saturated carbocycles. The van der Waals surface area contributed by atoms with Crippen LogP contribution in [0.5, 0.6) is 5.88 Å². The number of benzene rings is 1. The van der Waals surface area contributed by atoms with E-state index in [1.807, 2.05) is 38.1 Å². The second-order valence-corrected chi connectivity index (χ2v) is 7.00. The lowest BCUT2D eigenvalue weighted by Crippen LogP contribution is -2.45. The number of ether oxygens (including phenoxy) is 1. The maximum atomic E-state index is 12.8. The van der Waals surface area contributed by atoms with Gasteiger partial charge in [0, 0.05) is 11.2 Å². The molecule has 1 aliphatic rings. The maximum absolute atomic E-state index is 12.8. The fourth-order valence-corrected chi connectivity index (χ4v) is 3.30. The van der Waals surface area contributed by atoms with Crippen LogP contribution in [0.25, 0.3) is 0 Å². The molecule has 24 heavy (non-hydrogen) atoms.